The van der Waals surface area contributed by atoms with E-state index in [4.69, 9.17) is 4.74 Å². The largest absolute Gasteiger partial charge is 0.497 e. The van der Waals surface area contributed by atoms with Crippen LogP contribution in [0.1, 0.15) is 50.3 Å². The summed E-state index contributed by atoms with van der Waals surface area (Å²) in [5.74, 6) is 0.926. The van der Waals surface area contributed by atoms with Gasteiger partial charge in [-0.15, -0.1) is 0 Å². The van der Waals surface area contributed by atoms with Crippen molar-refractivity contribution in [2.24, 2.45) is 0 Å². The number of methoxy groups -OCH3 is 1. The molecule has 0 saturated carbocycles. The quantitative estimate of drug-likeness (QED) is 0.620. The Morgan fingerprint density at radius 1 is 1.11 bits per heavy atom. The highest BCUT2D eigenvalue weighted by Gasteiger charge is 2.25. The number of aromatic amines is 1. The zero-order valence-corrected chi connectivity index (χ0v) is 17.6. The van der Waals surface area contributed by atoms with Crippen molar-refractivity contribution in [2.45, 2.75) is 58.0 Å². The Kier molecular flexibility index (Phi) is 5.20. The Labute approximate surface area is 168 Å². The lowest BCUT2D eigenvalue weighted by atomic mass is 9.87. The van der Waals surface area contributed by atoms with E-state index in [1.54, 1.807) is 7.11 Å². The summed E-state index contributed by atoms with van der Waals surface area (Å²) in [7, 11) is 1.73. The predicted molar refractivity (Wildman–Crippen MR) is 117 cm³/mol. The van der Waals surface area contributed by atoms with E-state index in [2.05, 4.69) is 73.3 Å². The van der Waals surface area contributed by atoms with Crippen LogP contribution < -0.4 is 4.74 Å². The third-order valence-corrected chi connectivity index (χ3v) is 6.13. The van der Waals surface area contributed by atoms with Crippen molar-refractivity contribution in [1.82, 2.24) is 9.88 Å². The number of aromatic nitrogens is 1. The number of hydrogen-bond acceptors (Lipinski definition) is 2. The van der Waals surface area contributed by atoms with E-state index in [-0.39, 0.29) is 5.41 Å². The highest BCUT2D eigenvalue weighted by molar-refractivity contribution is 5.84. The highest BCUT2D eigenvalue weighted by atomic mass is 16.5. The summed E-state index contributed by atoms with van der Waals surface area (Å²) in [6.07, 6.45) is 5.83. The summed E-state index contributed by atoms with van der Waals surface area (Å²) >= 11 is 0. The van der Waals surface area contributed by atoms with Gasteiger partial charge >= 0.3 is 0 Å². The Morgan fingerprint density at radius 3 is 2.61 bits per heavy atom. The molecule has 1 saturated heterocycles. The van der Waals surface area contributed by atoms with Gasteiger partial charge in [-0.3, -0.25) is 4.90 Å². The van der Waals surface area contributed by atoms with E-state index in [0.717, 1.165) is 18.7 Å². The molecule has 3 aromatic rings. The number of H-pyrrole nitrogens is 1. The van der Waals surface area contributed by atoms with Gasteiger partial charge in [0.1, 0.15) is 5.75 Å². The Balaban J connectivity index is 1.48. The molecule has 1 aliphatic heterocycles. The Hall–Kier alpha value is -2.26. The maximum Gasteiger partial charge on any atom is 0.119 e. The Bertz CT molecular complexity index is 933. The van der Waals surface area contributed by atoms with Gasteiger partial charge in [-0.1, -0.05) is 45.0 Å². The molecule has 1 aromatic heterocycles. The minimum absolute atomic E-state index is 0.213. The van der Waals surface area contributed by atoms with Crippen molar-refractivity contribution in [3.63, 3.8) is 0 Å². The van der Waals surface area contributed by atoms with E-state index >= 15 is 0 Å². The van der Waals surface area contributed by atoms with Gasteiger partial charge in [0, 0.05) is 29.7 Å². The van der Waals surface area contributed by atoms with E-state index in [1.807, 2.05) is 6.07 Å². The normalized spacial score (nSPS) is 18.1. The van der Waals surface area contributed by atoms with Gasteiger partial charge in [0.2, 0.25) is 0 Å². The van der Waals surface area contributed by atoms with Crippen LogP contribution in [0.3, 0.4) is 0 Å². The molecule has 0 amide bonds. The fourth-order valence-electron chi connectivity index (χ4n) is 4.39. The molecule has 0 bridgehead atoms. The first-order valence-electron chi connectivity index (χ1n) is 10.4. The van der Waals surface area contributed by atoms with E-state index in [0.29, 0.717) is 6.04 Å². The van der Waals surface area contributed by atoms with Crippen LogP contribution in [0.5, 0.6) is 5.75 Å². The average molecular weight is 377 g/mol. The Morgan fingerprint density at radius 2 is 1.89 bits per heavy atom. The zero-order chi connectivity index (χ0) is 19.7. The van der Waals surface area contributed by atoms with Crippen LogP contribution in [0.2, 0.25) is 0 Å². The molecule has 2 aromatic carbocycles. The smallest absolute Gasteiger partial charge is 0.119 e. The number of benzene rings is 2. The third-order valence-electron chi connectivity index (χ3n) is 6.13. The number of likely N-dealkylation sites (tertiary alicyclic amines) is 1. The number of hydrogen-bond donors (Lipinski definition) is 1. The van der Waals surface area contributed by atoms with Gasteiger partial charge in [0.15, 0.2) is 0 Å². The molecule has 1 N–H and O–H groups in total. The summed E-state index contributed by atoms with van der Waals surface area (Å²) in [6.45, 7) is 9.05. The minimum Gasteiger partial charge on any atom is -0.497 e. The molecule has 3 nitrogen and oxygen atoms in total. The van der Waals surface area contributed by atoms with E-state index in [1.165, 1.54) is 47.0 Å². The predicted octanol–water partition coefficient (Wildman–Crippen LogP) is 5.68. The van der Waals surface area contributed by atoms with Gasteiger partial charge in [-0.2, -0.15) is 0 Å². The summed E-state index contributed by atoms with van der Waals surface area (Å²) in [5.41, 5.74) is 5.62. The van der Waals surface area contributed by atoms with Crippen LogP contribution in [0.4, 0.5) is 0 Å². The third kappa shape index (κ3) is 3.95. The summed E-state index contributed by atoms with van der Waals surface area (Å²) < 4.78 is 5.43. The van der Waals surface area contributed by atoms with Crippen molar-refractivity contribution in [3.05, 3.63) is 65.4 Å². The van der Waals surface area contributed by atoms with Crippen molar-refractivity contribution in [1.29, 1.82) is 0 Å². The van der Waals surface area contributed by atoms with Crippen LogP contribution in [0, 0.1) is 0 Å². The molecule has 1 aliphatic rings. The van der Waals surface area contributed by atoms with Gasteiger partial charge in [0.05, 0.1) is 7.11 Å². The molecule has 0 spiro atoms. The molecule has 0 radical (unpaired) electrons. The monoisotopic (exact) mass is 376 g/mol. The molecule has 28 heavy (non-hydrogen) atoms. The SMILES string of the molecule is COc1ccc2[nH]cc(C[C@H]3CCCN3Cc3ccc(C(C)(C)C)cc3)c2c1. The van der Waals surface area contributed by atoms with Crippen LogP contribution in [0.25, 0.3) is 10.9 Å². The van der Waals surface area contributed by atoms with Gasteiger partial charge in [-0.05, 0) is 66.1 Å². The molecule has 2 heterocycles. The van der Waals surface area contributed by atoms with Crippen LogP contribution in [-0.2, 0) is 18.4 Å². The number of nitrogens with one attached hydrogen (secondary N) is 1. The number of nitrogens with zero attached hydrogens (tertiary/aromatic N) is 1. The molecular weight excluding hydrogens is 344 g/mol. The van der Waals surface area contributed by atoms with Crippen LogP contribution >= 0.6 is 0 Å². The van der Waals surface area contributed by atoms with Crippen LogP contribution in [0.15, 0.2) is 48.7 Å². The maximum absolute atomic E-state index is 5.43. The summed E-state index contributed by atoms with van der Waals surface area (Å²) in [6, 6.07) is 16.1. The molecule has 1 fully saturated rings. The molecule has 0 aliphatic carbocycles. The van der Waals surface area contributed by atoms with Gasteiger partial charge in [-0.25, -0.2) is 0 Å². The van der Waals surface area contributed by atoms with Crippen molar-refractivity contribution in [3.8, 4) is 5.75 Å². The fourth-order valence-corrected chi connectivity index (χ4v) is 4.39. The molecule has 1 atom stereocenters. The minimum atomic E-state index is 0.213. The summed E-state index contributed by atoms with van der Waals surface area (Å²) in [4.78, 5) is 6.08. The summed E-state index contributed by atoms with van der Waals surface area (Å²) in [5, 5.41) is 1.29. The molecule has 0 unspecified atom stereocenters. The fraction of sp³-hybridized carbons (Fsp3) is 0.440. The lowest BCUT2D eigenvalue weighted by Gasteiger charge is -2.25. The van der Waals surface area contributed by atoms with E-state index < -0.39 is 0 Å². The second-order valence-corrected chi connectivity index (χ2v) is 9.14. The van der Waals surface area contributed by atoms with Gasteiger partial charge < -0.3 is 9.72 Å². The second-order valence-electron chi connectivity index (χ2n) is 9.14. The second kappa shape index (κ2) is 7.63. The van der Waals surface area contributed by atoms with E-state index in [9.17, 15) is 0 Å². The van der Waals surface area contributed by atoms with Gasteiger partial charge in [0.25, 0.3) is 0 Å². The van der Waals surface area contributed by atoms with Crippen molar-refractivity contribution >= 4 is 10.9 Å². The van der Waals surface area contributed by atoms with Crippen molar-refractivity contribution in [2.75, 3.05) is 13.7 Å². The molecule has 3 heteroatoms. The van der Waals surface area contributed by atoms with Crippen molar-refractivity contribution < 1.29 is 4.74 Å². The topological polar surface area (TPSA) is 28.3 Å². The number of rotatable bonds is 5. The maximum atomic E-state index is 5.43. The number of ether oxygens (including phenoxy) is 1. The molecule has 148 valence electrons. The zero-order valence-electron chi connectivity index (χ0n) is 17.6. The first-order valence-corrected chi connectivity index (χ1v) is 10.4. The highest BCUT2D eigenvalue weighted by Crippen LogP contribution is 2.29. The lowest BCUT2D eigenvalue weighted by Crippen LogP contribution is -2.30. The molecule has 4 rings (SSSR count). The number of fused-ring (bicyclic) bond motifs is 1. The standard InChI is InChI=1S/C25H32N2O/c1-25(2,3)20-9-7-18(8-10-20)17-27-13-5-6-21(27)14-19-16-26-24-12-11-22(28-4)15-23(19)24/h7-12,15-16,21,26H,5-6,13-14,17H2,1-4H3/t21-/m1/s1. The van der Waals surface area contributed by atoms with Crippen LogP contribution in [-0.4, -0.2) is 29.6 Å². The molecular formula is C25H32N2O. The first-order chi connectivity index (χ1) is 13.4. The first kappa shape index (κ1) is 19.1. The lowest BCUT2D eigenvalue weighted by molar-refractivity contribution is 0.244. The average Bonchev–Trinajstić information content (AvgIpc) is 3.28.